The maximum Gasteiger partial charge on any atom is 0.353 e. The third-order valence-electron chi connectivity index (χ3n) is 4.29. The minimum absolute atomic E-state index is 0.143. The molecule has 8 nitrogen and oxygen atoms in total. The van der Waals surface area contributed by atoms with Gasteiger partial charge in [-0.25, -0.2) is 9.97 Å². The molecule has 0 saturated carbocycles. The van der Waals surface area contributed by atoms with Crippen molar-refractivity contribution in [2.75, 3.05) is 23.8 Å². The van der Waals surface area contributed by atoms with Crippen LogP contribution in [0.25, 0.3) is 0 Å². The number of unbranched alkanes of at least 4 members (excludes halogenated alkanes) is 1. The van der Waals surface area contributed by atoms with Crippen LogP contribution in [0.5, 0.6) is 11.5 Å². The van der Waals surface area contributed by atoms with E-state index in [0.717, 1.165) is 18.6 Å². The summed E-state index contributed by atoms with van der Waals surface area (Å²) < 4.78 is 5.77. The number of rotatable bonds is 9. The van der Waals surface area contributed by atoms with Crippen LogP contribution in [0.4, 0.5) is 23.0 Å². The number of hydrogen-bond donors (Lipinski definition) is 1. The first kappa shape index (κ1) is 20.1. The predicted molar refractivity (Wildman–Crippen MR) is 113 cm³/mol. The molecule has 1 heterocycles. The van der Waals surface area contributed by atoms with Gasteiger partial charge in [-0.15, -0.1) is 0 Å². The lowest BCUT2D eigenvalue weighted by Gasteiger charge is -2.18. The van der Waals surface area contributed by atoms with Gasteiger partial charge in [-0.05, 0) is 42.8 Å². The highest BCUT2D eigenvalue weighted by Crippen LogP contribution is 2.33. The van der Waals surface area contributed by atoms with Gasteiger partial charge in [-0.2, -0.15) is 0 Å². The van der Waals surface area contributed by atoms with E-state index >= 15 is 0 Å². The number of anilines is 3. The third-order valence-corrected chi connectivity index (χ3v) is 4.29. The molecule has 8 heteroatoms. The van der Waals surface area contributed by atoms with Crippen LogP contribution in [-0.4, -0.2) is 28.5 Å². The number of aromatic nitrogens is 2. The molecule has 1 aromatic heterocycles. The lowest BCUT2D eigenvalue weighted by atomic mass is 10.2. The molecule has 1 N–H and O–H groups in total. The van der Waals surface area contributed by atoms with E-state index in [-0.39, 0.29) is 11.5 Å². The van der Waals surface area contributed by atoms with Crippen molar-refractivity contribution in [3.05, 3.63) is 71.0 Å². The molecule has 0 fully saturated rings. The molecule has 0 unspecified atom stereocenters. The Morgan fingerprint density at radius 3 is 2.41 bits per heavy atom. The summed E-state index contributed by atoms with van der Waals surface area (Å²) >= 11 is 0. The van der Waals surface area contributed by atoms with Crippen molar-refractivity contribution >= 4 is 23.0 Å². The highest BCUT2D eigenvalue weighted by molar-refractivity contribution is 5.74. The zero-order valence-electron chi connectivity index (χ0n) is 16.4. The molecule has 150 valence electrons. The summed E-state index contributed by atoms with van der Waals surface area (Å²) in [5, 5.41) is 14.7. The number of para-hydroxylation sites is 1. The number of nitro groups is 1. The Morgan fingerprint density at radius 2 is 1.76 bits per heavy atom. The van der Waals surface area contributed by atoms with Gasteiger partial charge in [0.1, 0.15) is 17.8 Å². The van der Waals surface area contributed by atoms with E-state index in [0.29, 0.717) is 23.8 Å². The molecule has 0 aliphatic rings. The predicted octanol–water partition coefficient (Wildman–Crippen LogP) is 5.16. The van der Waals surface area contributed by atoms with Gasteiger partial charge in [0.05, 0.1) is 4.92 Å². The highest BCUT2D eigenvalue weighted by atomic mass is 16.6. The first-order valence-electron chi connectivity index (χ1n) is 9.39. The van der Waals surface area contributed by atoms with Crippen LogP contribution in [-0.2, 0) is 0 Å². The van der Waals surface area contributed by atoms with Crippen LogP contribution < -0.4 is 15.0 Å². The number of benzene rings is 2. The largest absolute Gasteiger partial charge is 0.457 e. The van der Waals surface area contributed by atoms with Crippen LogP contribution in [0.15, 0.2) is 60.9 Å². The lowest BCUT2D eigenvalue weighted by Crippen LogP contribution is -2.21. The normalized spacial score (nSPS) is 10.4. The number of nitrogens with zero attached hydrogens (tertiary/aromatic N) is 4. The summed E-state index contributed by atoms with van der Waals surface area (Å²) in [6, 6.07) is 16.6. The van der Waals surface area contributed by atoms with Crippen molar-refractivity contribution in [1.29, 1.82) is 0 Å². The molecule has 0 aliphatic heterocycles. The van der Waals surface area contributed by atoms with Gasteiger partial charge in [0.15, 0.2) is 0 Å². The van der Waals surface area contributed by atoms with E-state index in [2.05, 4.69) is 22.2 Å². The Hall–Kier alpha value is -3.68. The summed E-state index contributed by atoms with van der Waals surface area (Å²) in [5.74, 6) is 1.85. The lowest BCUT2D eigenvalue weighted by molar-refractivity contribution is -0.383. The third kappa shape index (κ3) is 5.19. The van der Waals surface area contributed by atoms with Gasteiger partial charge in [-0.1, -0.05) is 31.5 Å². The average molecular weight is 393 g/mol. The molecule has 0 spiro atoms. The van der Waals surface area contributed by atoms with Gasteiger partial charge < -0.3 is 15.0 Å². The van der Waals surface area contributed by atoms with Crippen molar-refractivity contribution in [3.63, 3.8) is 0 Å². The van der Waals surface area contributed by atoms with Crippen LogP contribution >= 0.6 is 0 Å². The molecule has 0 saturated heterocycles. The van der Waals surface area contributed by atoms with Gasteiger partial charge in [0, 0.05) is 19.3 Å². The first-order valence-corrected chi connectivity index (χ1v) is 9.39. The van der Waals surface area contributed by atoms with Crippen molar-refractivity contribution < 1.29 is 9.66 Å². The molecule has 0 bridgehead atoms. The molecule has 0 aliphatic carbocycles. The molecule has 3 rings (SSSR count). The SMILES string of the molecule is CCCCN(C)c1ncnc(Nc2ccc(Oc3ccccc3)cc2)c1[N+](=O)[O-]. The molecular weight excluding hydrogens is 370 g/mol. The second kappa shape index (κ2) is 9.50. The highest BCUT2D eigenvalue weighted by Gasteiger charge is 2.25. The zero-order valence-corrected chi connectivity index (χ0v) is 16.4. The fourth-order valence-electron chi connectivity index (χ4n) is 2.78. The van der Waals surface area contributed by atoms with Crippen molar-refractivity contribution in [2.45, 2.75) is 19.8 Å². The number of hydrogen-bond acceptors (Lipinski definition) is 7. The van der Waals surface area contributed by atoms with Crippen molar-refractivity contribution in [3.8, 4) is 11.5 Å². The standard InChI is InChI=1S/C21H23N5O3/c1-3-4-14-25(2)21-19(26(27)28)20(22-15-23-21)24-16-10-12-18(13-11-16)29-17-8-6-5-7-9-17/h5-13,15H,3-4,14H2,1-2H3,(H,22,23,24). The smallest absolute Gasteiger partial charge is 0.353 e. The van der Waals surface area contributed by atoms with Gasteiger partial charge in [-0.3, -0.25) is 10.1 Å². The monoisotopic (exact) mass is 393 g/mol. The minimum atomic E-state index is -0.451. The van der Waals surface area contributed by atoms with E-state index in [9.17, 15) is 10.1 Å². The second-order valence-electron chi connectivity index (χ2n) is 6.49. The number of nitrogens with one attached hydrogen (secondary N) is 1. The second-order valence-corrected chi connectivity index (χ2v) is 6.49. The van der Waals surface area contributed by atoms with Crippen molar-refractivity contribution in [2.24, 2.45) is 0 Å². The van der Waals surface area contributed by atoms with Gasteiger partial charge >= 0.3 is 5.69 Å². The Morgan fingerprint density at radius 1 is 1.07 bits per heavy atom. The van der Waals surface area contributed by atoms with E-state index in [1.54, 1.807) is 36.2 Å². The number of ether oxygens (including phenoxy) is 1. The zero-order chi connectivity index (χ0) is 20.6. The van der Waals surface area contributed by atoms with Crippen LogP contribution in [0.3, 0.4) is 0 Å². The Bertz CT molecular complexity index is 948. The van der Waals surface area contributed by atoms with E-state index in [1.807, 2.05) is 30.3 Å². The fourth-order valence-corrected chi connectivity index (χ4v) is 2.78. The maximum absolute atomic E-state index is 11.7. The molecular formula is C21H23N5O3. The Balaban J connectivity index is 1.79. The summed E-state index contributed by atoms with van der Waals surface area (Å²) in [5.41, 5.74) is 0.519. The van der Waals surface area contributed by atoms with Gasteiger partial charge in [0.2, 0.25) is 11.6 Å². The molecule has 2 aromatic carbocycles. The van der Waals surface area contributed by atoms with E-state index in [1.165, 1.54) is 6.33 Å². The summed E-state index contributed by atoms with van der Waals surface area (Å²) in [7, 11) is 1.80. The molecule has 3 aromatic rings. The summed E-state index contributed by atoms with van der Waals surface area (Å²) in [6.07, 6.45) is 3.25. The molecule has 0 radical (unpaired) electrons. The van der Waals surface area contributed by atoms with Crippen LogP contribution in [0.1, 0.15) is 19.8 Å². The quantitative estimate of drug-likeness (QED) is 0.396. The Labute approximate surface area is 169 Å². The minimum Gasteiger partial charge on any atom is -0.457 e. The van der Waals surface area contributed by atoms with Crippen LogP contribution in [0, 0.1) is 10.1 Å². The molecule has 0 amide bonds. The van der Waals surface area contributed by atoms with Crippen LogP contribution in [0.2, 0.25) is 0 Å². The average Bonchev–Trinajstić information content (AvgIpc) is 2.74. The van der Waals surface area contributed by atoms with E-state index < -0.39 is 4.92 Å². The van der Waals surface area contributed by atoms with Gasteiger partial charge in [0.25, 0.3) is 0 Å². The topological polar surface area (TPSA) is 93.4 Å². The fraction of sp³-hybridized carbons (Fsp3) is 0.238. The summed E-state index contributed by atoms with van der Waals surface area (Å²) in [6.45, 7) is 2.75. The summed E-state index contributed by atoms with van der Waals surface area (Å²) in [4.78, 5) is 21.3. The molecule has 29 heavy (non-hydrogen) atoms. The first-order chi connectivity index (χ1) is 14.1. The van der Waals surface area contributed by atoms with Crippen molar-refractivity contribution in [1.82, 2.24) is 9.97 Å². The molecule has 0 atom stereocenters. The maximum atomic E-state index is 11.7. The van der Waals surface area contributed by atoms with E-state index in [4.69, 9.17) is 4.74 Å². The Kier molecular flexibility index (Phi) is 6.57.